The number of fused-ring (bicyclic) bond motifs is 2. The van der Waals surface area contributed by atoms with E-state index in [9.17, 15) is 0 Å². The average Bonchev–Trinajstić information content (AvgIpc) is 2.72. The number of anilines is 1. The maximum atomic E-state index is 6.17. The summed E-state index contributed by atoms with van der Waals surface area (Å²) in [5.74, 6) is 1.09. The van der Waals surface area contributed by atoms with E-state index in [0.29, 0.717) is 0 Å². The van der Waals surface area contributed by atoms with Gasteiger partial charge in [-0.25, -0.2) is 4.99 Å². The molecule has 3 aliphatic rings. The lowest BCUT2D eigenvalue weighted by Gasteiger charge is -2.33. The highest BCUT2D eigenvalue weighted by Gasteiger charge is 2.28. The number of allylic oxidation sites excluding steroid dienone is 2. The van der Waals surface area contributed by atoms with E-state index in [1.165, 1.54) is 5.57 Å². The number of benzene rings is 1. The Bertz CT molecular complexity index is 671. The Labute approximate surface area is 135 Å². The summed E-state index contributed by atoms with van der Waals surface area (Å²) in [5.41, 5.74) is 3.26. The number of piperazine rings is 1. The number of amidine groups is 1. The highest BCUT2D eigenvalue weighted by molar-refractivity contribution is 6.31. The summed E-state index contributed by atoms with van der Waals surface area (Å²) in [6, 6.07) is 6.16. The summed E-state index contributed by atoms with van der Waals surface area (Å²) in [5, 5.41) is 7.75. The first-order valence-electron chi connectivity index (χ1n) is 7.79. The molecule has 2 aliphatic heterocycles. The van der Waals surface area contributed by atoms with Gasteiger partial charge in [-0.3, -0.25) is 0 Å². The number of nitrogens with one attached hydrogen (secondary N) is 2. The largest absolute Gasteiger partial charge is 0.376 e. The van der Waals surface area contributed by atoms with Crippen LogP contribution in [-0.4, -0.2) is 43.0 Å². The van der Waals surface area contributed by atoms with Crippen molar-refractivity contribution in [2.45, 2.75) is 12.5 Å². The molecule has 5 heteroatoms. The van der Waals surface area contributed by atoms with Gasteiger partial charge in [0.25, 0.3) is 0 Å². The van der Waals surface area contributed by atoms with E-state index in [1.54, 1.807) is 0 Å². The van der Waals surface area contributed by atoms with Gasteiger partial charge in [0.15, 0.2) is 0 Å². The van der Waals surface area contributed by atoms with Crippen LogP contribution in [0.15, 0.2) is 47.0 Å². The van der Waals surface area contributed by atoms with Crippen LogP contribution in [0, 0.1) is 0 Å². The summed E-state index contributed by atoms with van der Waals surface area (Å²) < 4.78 is 0. The topological polar surface area (TPSA) is 39.7 Å². The summed E-state index contributed by atoms with van der Waals surface area (Å²) in [6.07, 6.45) is 7.51. The molecule has 1 fully saturated rings. The molecule has 1 aromatic rings. The zero-order valence-corrected chi connectivity index (χ0v) is 13.1. The molecule has 1 aromatic carbocycles. The fraction of sp³-hybridized carbons (Fsp3) is 0.353. The Hall–Kier alpha value is -1.78. The van der Waals surface area contributed by atoms with Gasteiger partial charge < -0.3 is 15.5 Å². The third-order valence-corrected chi connectivity index (χ3v) is 4.58. The van der Waals surface area contributed by atoms with Crippen molar-refractivity contribution in [2.24, 2.45) is 4.99 Å². The van der Waals surface area contributed by atoms with Crippen LogP contribution in [0.3, 0.4) is 0 Å². The molecule has 4 rings (SSSR count). The minimum absolute atomic E-state index is 0.279. The molecule has 0 amide bonds. The van der Waals surface area contributed by atoms with Crippen LogP contribution in [-0.2, 0) is 0 Å². The van der Waals surface area contributed by atoms with E-state index in [4.69, 9.17) is 16.6 Å². The van der Waals surface area contributed by atoms with Crippen molar-refractivity contribution in [3.05, 3.63) is 47.0 Å². The van der Waals surface area contributed by atoms with Crippen LogP contribution in [0.4, 0.5) is 11.4 Å². The third kappa shape index (κ3) is 2.53. The van der Waals surface area contributed by atoms with Crippen molar-refractivity contribution in [3.8, 4) is 0 Å². The Morgan fingerprint density at radius 1 is 1.23 bits per heavy atom. The second-order valence-electron chi connectivity index (χ2n) is 5.82. The molecule has 114 valence electrons. The van der Waals surface area contributed by atoms with Gasteiger partial charge in [-0.05, 0) is 24.6 Å². The van der Waals surface area contributed by atoms with E-state index in [1.807, 2.05) is 18.2 Å². The summed E-state index contributed by atoms with van der Waals surface area (Å²) in [4.78, 5) is 7.35. The quantitative estimate of drug-likeness (QED) is 0.773. The minimum Gasteiger partial charge on any atom is -0.376 e. The number of halogens is 1. The van der Waals surface area contributed by atoms with Crippen LogP contribution in [0.5, 0.6) is 0 Å². The number of nitrogens with zero attached hydrogens (tertiary/aromatic N) is 2. The first-order valence-corrected chi connectivity index (χ1v) is 8.16. The smallest absolute Gasteiger partial charge is 0.134 e. The first-order chi connectivity index (χ1) is 10.8. The van der Waals surface area contributed by atoms with Gasteiger partial charge in [0.1, 0.15) is 5.84 Å². The van der Waals surface area contributed by atoms with Crippen molar-refractivity contribution in [2.75, 3.05) is 31.5 Å². The molecule has 4 nitrogen and oxygen atoms in total. The van der Waals surface area contributed by atoms with Crippen LogP contribution < -0.4 is 10.6 Å². The number of hydrogen-bond donors (Lipinski definition) is 2. The second-order valence-corrected chi connectivity index (χ2v) is 6.25. The predicted molar refractivity (Wildman–Crippen MR) is 92.2 cm³/mol. The molecule has 1 unspecified atom stereocenters. The molecule has 1 aliphatic carbocycles. The lowest BCUT2D eigenvalue weighted by atomic mass is 9.97. The molecule has 0 aromatic heterocycles. The van der Waals surface area contributed by atoms with Crippen LogP contribution in [0.25, 0.3) is 0 Å². The van der Waals surface area contributed by atoms with Crippen LogP contribution >= 0.6 is 11.6 Å². The molecule has 1 saturated heterocycles. The highest BCUT2D eigenvalue weighted by Crippen LogP contribution is 2.35. The standard InChI is InChI=1S/C17H19ClN4/c18-12-5-6-15-16(11-12)21-17(22-9-7-19-8-10-22)13-3-1-2-4-14(13)20-15/h1-3,5-6,11,14,19-20H,4,7-10H2. The maximum Gasteiger partial charge on any atom is 0.134 e. The summed E-state index contributed by atoms with van der Waals surface area (Å²) in [7, 11) is 0. The fourth-order valence-corrected chi connectivity index (χ4v) is 3.38. The van der Waals surface area contributed by atoms with E-state index in [0.717, 1.165) is 54.8 Å². The lowest BCUT2D eigenvalue weighted by Crippen LogP contribution is -2.48. The molecule has 2 N–H and O–H groups in total. The number of rotatable bonds is 0. The minimum atomic E-state index is 0.279. The van der Waals surface area contributed by atoms with Gasteiger partial charge in [-0.15, -0.1) is 0 Å². The van der Waals surface area contributed by atoms with Crippen molar-refractivity contribution in [1.29, 1.82) is 0 Å². The van der Waals surface area contributed by atoms with Gasteiger partial charge in [0.05, 0.1) is 17.4 Å². The van der Waals surface area contributed by atoms with E-state index >= 15 is 0 Å². The SMILES string of the molecule is Clc1ccc2c(c1)N=C(N1CCNCC1)C1=CC=CCC1N2. The van der Waals surface area contributed by atoms with Crippen LogP contribution in [0.2, 0.25) is 5.02 Å². The van der Waals surface area contributed by atoms with Gasteiger partial charge in [0.2, 0.25) is 0 Å². The molecule has 2 heterocycles. The molecule has 0 bridgehead atoms. The molecule has 0 radical (unpaired) electrons. The molecule has 22 heavy (non-hydrogen) atoms. The zero-order chi connectivity index (χ0) is 14.9. The number of hydrogen-bond acceptors (Lipinski definition) is 4. The van der Waals surface area contributed by atoms with Gasteiger partial charge in [-0.1, -0.05) is 29.8 Å². The first kappa shape index (κ1) is 13.9. The van der Waals surface area contributed by atoms with E-state index < -0.39 is 0 Å². The number of aliphatic imine (C=N–C) groups is 1. The van der Waals surface area contributed by atoms with E-state index in [-0.39, 0.29) is 6.04 Å². The van der Waals surface area contributed by atoms with Gasteiger partial charge in [-0.2, -0.15) is 0 Å². The molecular weight excluding hydrogens is 296 g/mol. The second kappa shape index (κ2) is 5.78. The predicted octanol–water partition coefficient (Wildman–Crippen LogP) is 2.96. The Morgan fingerprint density at radius 3 is 2.95 bits per heavy atom. The third-order valence-electron chi connectivity index (χ3n) is 4.35. The Balaban J connectivity index is 1.81. The van der Waals surface area contributed by atoms with Crippen molar-refractivity contribution in [1.82, 2.24) is 10.2 Å². The van der Waals surface area contributed by atoms with Crippen LogP contribution in [0.1, 0.15) is 6.42 Å². The molecule has 0 saturated carbocycles. The Morgan fingerprint density at radius 2 is 2.09 bits per heavy atom. The van der Waals surface area contributed by atoms with Crippen molar-refractivity contribution >= 4 is 28.8 Å². The molecule has 0 spiro atoms. The molecule has 1 atom stereocenters. The fourth-order valence-electron chi connectivity index (χ4n) is 3.21. The normalized spacial score (nSPS) is 23.7. The van der Waals surface area contributed by atoms with Crippen molar-refractivity contribution < 1.29 is 0 Å². The van der Waals surface area contributed by atoms with Crippen molar-refractivity contribution in [3.63, 3.8) is 0 Å². The maximum absolute atomic E-state index is 6.17. The molecular formula is C17H19ClN4. The zero-order valence-electron chi connectivity index (χ0n) is 12.3. The summed E-state index contributed by atoms with van der Waals surface area (Å²) in [6.45, 7) is 3.98. The monoisotopic (exact) mass is 314 g/mol. The van der Waals surface area contributed by atoms with Gasteiger partial charge >= 0.3 is 0 Å². The highest BCUT2D eigenvalue weighted by atomic mass is 35.5. The lowest BCUT2D eigenvalue weighted by molar-refractivity contribution is 0.356. The Kier molecular flexibility index (Phi) is 3.64. The van der Waals surface area contributed by atoms with Gasteiger partial charge in [0, 0.05) is 36.8 Å². The summed E-state index contributed by atoms with van der Waals surface area (Å²) >= 11 is 6.17. The average molecular weight is 315 g/mol. The van der Waals surface area contributed by atoms with E-state index in [2.05, 4.69) is 33.8 Å².